The van der Waals surface area contributed by atoms with E-state index in [4.69, 9.17) is 0 Å². The molecule has 0 saturated heterocycles. The summed E-state index contributed by atoms with van der Waals surface area (Å²) >= 11 is 3.35. The number of anilines is 1. The number of H-pyrrole nitrogens is 1. The lowest BCUT2D eigenvalue weighted by Gasteiger charge is -2.08. The lowest BCUT2D eigenvalue weighted by molar-refractivity contribution is 0.102. The first-order valence-electron chi connectivity index (χ1n) is 8.26. The SMILES string of the molecule is O=C(Nc1cccc(-c2nc3ccccc3c(=O)[nH]2)c1)c1ccc(Br)cc1. The zero-order valence-electron chi connectivity index (χ0n) is 14.1. The Hall–Kier alpha value is -3.25. The minimum Gasteiger partial charge on any atom is -0.322 e. The number of carbonyl (C=O) groups is 1. The molecule has 5 nitrogen and oxygen atoms in total. The summed E-state index contributed by atoms with van der Waals surface area (Å²) in [6.07, 6.45) is 0. The number of hydrogen-bond acceptors (Lipinski definition) is 3. The van der Waals surface area contributed by atoms with E-state index in [9.17, 15) is 9.59 Å². The van der Waals surface area contributed by atoms with Crippen molar-refractivity contribution in [1.82, 2.24) is 9.97 Å². The molecule has 0 atom stereocenters. The summed E-state index contributed by atoms with van der Waals surface area (Å²) in [7, 11) is 0. The molecular weight excluding hydrogens is 406 g/mol. The maximum Gasteiger partial charge on any atom is 0.259 e. The van der Waals surface area contributed by atoms with Gasteiger partial charge in [-0.2, -0.15) is 0 Å². The Kier molecular flexibility index (Phi) is 4.56. The Labute approximate surface area is 163 Å². The molecule has 4 rings (SSSR count). The number of nitrogens with one attached hydrogen (secondary N) is 2. The standard InChI is InChI=1S/C21H14BrN3O2/c22-15-10-8-13(9-11-15)20(26)23-16-5-3-4-14(12-16)19-24-18-7-2-1-6-17(18)21(27)25-19/h1-12H,(H,23,26)(H,24,25,27). The smallest absolute Gasteiger partial charge is 0.259 e. The van der Waals surface area contributed by atoms with Crippen LogP contribution in [0.25, 0.3) is 22.3 Å². The summed E-state index contributed by atoms with van der Waals surface area (Å²) < 4.78 is 0.910. The van der Waals surface area contributed by atoms with Crippen molar-refractivity contribution in [2.24, 2.45) is 0 Å². The molecule has 132 valence electrons. The third-order valence-electron chi connectivity index (χ3n) is 4.11. The van der Waals surface area contributed by atoms with E-state index in [-0.39, 0.29) is 11.5 Å². The van der Waals surface area contributed by atoms with Crippen molar-refractivity contribution in [2.75, 3.05) is 5.32 Å². The molecule has 2 N–H and O–H groups in total. The highest BCUT2D eigenvalue weighted by molar-refractivity contribution is 9.10. The third-order valence-corrected chi connectivity index (χ3v) is 4.64. The van der Waals surface area contributed by atoms with Gasteiger partial charge >= 0.3 is 0 Å². The van der Waals surface area contributed by atoms with Crippen LogP contribution < -0.4 is 10.9 Å². The first kappa shape index (κ1) is 17.2. The Bertz CT molecular complexity index is 1200. The number of fused-ring (bicyclic) bond motifs is 1. The van der Waals surface area contributed by atoms with Crippen molar-refractivity contribution in [3.05, 3.63) is 93.2 Å². The average molecular weight is 420 g/mol. The van der Waals surface area contributed by atoms with Crippen molar-refractivity contribution in [3.8, 4) is 11.4 Å². The monoisotopic (exact) mass is 419 g/mol. The van der Waals surface area contributed by atoms with E-state index in [1.165, 1.54) is 0 Å². The molecular formula is C21H14BrN3O2. The van der Waals surface area contributed by atoms with Crippen LogP contribution in [0.3, 0.4) is 0 Å². The van der Waals surface area contributed by atoms with Crippen molar-refractivity contribution in [1.29, 1.82) is 0 Å². The normalized spacial score (nSPS) is 10.7. The molecule has 0 bridgehead atoms. The predicted molar refractivity (Wildman–Crippen MR) is 110 cm³/mol. The number of benzene rings is 3. The minimum atomic E-state index is -0.209. The van der Waals surface area contributed by atoms with Crippen LogP contribution in [0.15, 0.2) is 82.1 Å². The lowest BCUT2D eigenvalue weighted by atomic mass is 10.1. The van der Waals surface area contributed by atoms with E-state index in [0.717, 1.165) is 4.47 Å². The maximum absolute atomic E-state index is 12.4. The van der Waals surface area contributed by atoms with Gasteiger partial charge in [0, 0.05) is 21.3 Å². The summed E-state index contributed by atoms with van der Waals surface area (Å²) in [6.45, 7) is 0. The lowest BCUT2D eigenvalue weighted by Crippen LogP contribution is -2.12. The number of aromatic nitrogens is 2. The highest BCUT2D eigenvalue weighted by Crippen LogP contribution is 2.21. The Balaban J connectivity index is 1.66. The molecule has 0 aliphatic heterocycles. The van der Waals surface area contributed by atoms with E-state index in [1.54, 1.807) is 42.5 Å². The molecule has 0 radical (unpaired) electrons. The predicted octanol–water partition coefficient (Wildman–Crippen LogP) is 4.60. The van der Waals surface area contributed by atoms with Gasteiger partial charge in [0.05, 0.1) is 10.9 Å². The minimum absolute atomic E-state index is 0.195. The van der Waals surface area contributed by atoms with Gasteiger partial charge in [0.15, 0.2) is 0 Å². The molecule has 4 aromatic rings. The van der Waals surface area contributed by atoms with Gasteiger partial charge in [0.2, 0.25) is 0 Å². The number of halogens is 1. The molecule has 1 amide bonds. The molecule has 0 aliphatic carbocycles. The second-order valence-electron chi connectivity index (χ2n) is 5.97. The van der Waals surface area contributed by atoms with E-state index in [1.807, 2.05) is 30.3 Å². The van der Waals surface area contributed by atoms with Gasteiger partial charge in [-0.05, 0) is 48.5 Å². The number of carbonyl (C=O) groups excluding carboxylic acids is 1. The second-order valence-corrected chi connectivity index (χ2v) is 6.89. The van der Waals surface area contributed by atoms with Crippen LogP contribution in [-0.2, 0) is 0 Å². The number of amides is 1. The number of hydrogen-bond donors (Lipinski definition) is 2. The van der Waals surface area contributed by atoms with Crippen LogP contribution in [0, 0.1) is 0 Å². The van der Waals surface area contributed by atoms with Crippen LogP contribution in [0.2, 0.25) is 0 Å². The van der Waals surface area contributed by atoms with Crippen molar-refractivity contribution in [3.63, 3.8) is 0 Å². The van der Waals surface area contributed by atoms with Crippen molar-refractivity contribution in [2.45, 2.75) is 0 Å². The van der Waals surface area contributed by atoms with E-state index in [0.29, 0.717) is 33.5 Å². The van der Waals surface area contributed by atoms with E-state index < -0.39 is 0 Å². The molecule has 0 fully saturated rings. The highest BCUT2D eigenvalue weighted by atomic mass is 79.9. The fourth-order valence-corrected chi connectivity index (χ4v) is 3.04. The van der Waals surface area contributed by atoms with Gasteiger partial charge in [-0.15, -0.1) is 0 Å². The summed E-state index contributed by atoms with van der Waals surface area (Å²) in [5, 5.41) is 3.41. The molecule has 0 aliphatic rings. The number of nitrogens with zero attached hydrogens (tertiary/aromatic N) is 1. The van der Waals surface area contributed by atoms with Gasteiger partial charge in [-0.25, -0.2) is 4.98 Å². The number of aromatic amines is 1. The summed E-state index contributed by atoms with van der Waals surface area (Å²) in [4.78, 5) is 32.0. The maximum atomic E-state index is 12.4. The van der Waals surface area contributed by atoms with Crippen molar-refractivity contribution < 1.29 is 4.79 Å². The van der Waals surface area contributed by atoms with Crippen molar-refractivity contribution >= 4 is 38.4 Å². The van der Waals surface area contributed by atoms with Crippen LogP contribution >= 0.6 is 15.9 Å². The molecule has 6 heteroatoms. The van der Waals surface area contributed by atoms with Gasteiger partial charge in [-0.3, -0.25) is 9.59 Å². The summed E-state index contributed by atoms with van der Waals surface area (Å²) in [6, 6.07) is 21.5. The molecule has 1 heterocycles. The van der Waals surface area contributed by atoms with Gasteiger partial charge < -0.3 is 10.3 Å². The molecule has 1 aromatic heterocycles. The van der Waals surface area contributed by atoms with Gasteiger partial charge in [-0.1, -0.05) is 40.2 Å². The fraction of sp³-hybridized carbons (Fsp3) is 0. The summed E-state index contributed by atoms with van der Waals surface area (Å²) in [5.74, 6) is 0.248. The Morgan fingerprint density at radius 3 is 2.56 bits per heavy atom. The zero-order chi connectivity index (χ0) is 18.8. The Morgan fingerprint density at radius 2 is 1.74 bits per heavy atom. The van der Waals surface area contributed by atoms with Crippen LogP contribution in [0.1, 0.15) is 10.4 Å². The second kappa shape index (κ2) is 7.17. The zero-order valence-corrected chi connectivity index (χ0v) is 15.7. The van der Waals surface area contributed by atoms with Crippen LogP contribution in [0.5, 0.6) is 0 Å². The summed E-state index contributed by atoms with van der Waals surface area (Å²) in [5.41, 5.74) is 2.32. The average Bonchev–Trinajstić information content (AvgIpc) is 2.68. The Morgan fingerprint density at radius 1 is 0.963 bits per heavy atom. The molecule has 27 heavy (non-hydrogen) atoms. The highest BCUT2D eigenvalue weighted by Gasteiger charge is 2.09. The first-order valence-corrected chi connectivity index (χ1v) is 9.06. The quantitative estimate of drug-likeness (QED) is 0.509. The molecule has 3 aromatic carbocycles. The number of para-hydroxylation sites is 1. The molecule has 0 unspecified atom stereocenters. The topological polar surface area (TPSA) is 74.8 Å². The van der Waals surface area contributed by atoms with Gasteiger partial charge in [0.1, 0.15) is 5.82 Å². The van der Waals surface area contributed by atoms with E-state index >= 15 is 0 Å². The fourth-order valence-electron chi connectivity index (χ4n) is 2.77. The molecule has 0 spiro atoms. The van der Waals surface area contributed by atoms with Gasteiger partial charge in [0.25, 0.3) is 11.5 Å². The molecule has 0 saturated carbocycles. The largest absolute Gasteiger partial charge is 0.322 e. The number of rotatable bonds is 3. The first-order chi connectivity index (χ1) is 13.1. The van der Waals surface area contributed by atoms with Crippen LogP contribution in [0.4, 0.5) is 5.69 Å². The van der Waals surface area contributed by atoms with E-state index in [2.05, 4.69) is 31.2 Å². The van der Waals surface area contributed by atoms with Crippen LogP contribution in [-0.4, -0.2) is 15.9 Å². The third kappa shape index (κ3) is 3.66.